The maximum atomic E-state index is 12.5. The zero-order valence-corrected chi connectivity index (χ0v) is 12.7. The number of nitrogens with one attached hydrogen (secondary N) is 1. The summed E-state index contributed by atoms with van der Waals surface area (Å²) in [6.45, 7) is 10.8. The van der Waals surface area contributed by atoms with Crippen LogP contribution in [-0.4, -0.2) is 60.0 Å². The van der Waals surface area contributed by atoms with Gasteiger partial charge >= 0.3 is 0 Å². The summed E-state index contributed by atoms with van der Waals surface area (Å²) >= 11 is 0. The van der Waals surface area contributed by atoms with Gasteiger partial charge < -0.3 is 10.2 Å². The van der Waals surface area contributed by atoms with Gasteiger partial charge in [-0.3, -0.25) is 9.69 Å². The van der Waals surface area contributed by atoms with Crippen molar-refractivity contribution in [3.63, 3.8) is 0 Å². The van der Waals surface area contributed by atoms with Crippen LogP contribution in [-0.2, 0) is 4.79 Å². The van der Waals surface area contributed by atoms with Gasteiger partial charge in [0.05, 0.1) is 5.54 Å². The van der Waals surface area contributed by atoms with Gasteiger partial charge in [0.1, 0.15) is 0 Å². The Kier molecular flexibility index (Phi) is 4.85. The smallest absolute Gasteiger partial charge is 0.242 e. The number of carbonyl (C=O) groups is 1. The van der Waals surface area contributed by atoms with E-state index in [1.165, 1.54) is 25.7 Å². The molecule has 2 fully saturated rings. The van der Waals surface area contributed by atoms with Crippen molar-refractivity contribution in [2.75, 3.05) is 32.7 Å². The number of amides is 1. The molecule has 2 aliphatic rings. The monoisotopic (exact) mass is 267 g/mol. The summed E-state index contributed by atoms with van der Waals surface area (Å²) in [4.78, 5) is 17.1. The Morgan fingerprint density at radius 1 is 1.16 bits per heavy atom. The number of likely N-dealkylation sites (N-methyl/N-ethyl adjacent to an activating group) is 1. The first-order chi connectivity index (χ1) is 9.04. The van der Waals surface area contributed by atoms with E-state index in [1.807, 2.05) is 25.7 Å². The highest BCUT2D eigenvalue weighted by molar-refractivity contribution is 5.85. The Hall–Kier alpha value is -0.610. The van der Waals surface area contributed by atoms with Crippen molar-refractivity contribution >= 4 is 5.91 Å². The summed E-state index contributed by atoms with van der Waals surface area (Å²) in [5, 5.41) is 3.28. The summed E-state index contributed by atoms with van der Waals surface area (Å²) in [6, 6.07) is 0.791. The number of rotatable bonds is 4. The molecule has 0 bridgehead atoms. The molecule has 0 atom stereocenters. The van der Waals surface area contributed by atoms with Crippen molar-refractivity contribution in [3.8, 4) is 0 Å². The molecule has 1 aliphatic heterocycles. The van der Waals surface area contributed by atoms with Gasteiger partial charge in [-0.15, -0.1) is 0 Å². The fraction of sp³-hybridized carbons (Fsp3) is 0.933. The van der Waals surface area contributed by atoms with Crippen molar-refractivity contribution < 1.29 is 4.79 Å². The van der Waals surface area contributed by atoms with E-state index in [9.17, 15) is 4.79 Å². The van der Waals surface area contributed by atoms with E-state index < -0.39 is 5.54 Å². The lowest BCUT2D eigenvalue weighted by molar-refractivity contribution is -0.139. The minimum atomic E-state index is -0.426. The Bertz CT molecular complexity index is 303. The maximum absolute atomic E-state index is 12.5. The lowest BCUT2D eigenvalue weighted by Gasteiger charge is -2.41. The third-order valence-corrected chi connectivity index (χ3v) is 4.60. The molecule has 1 heterocycles. The Labute approximate surface area is 117 Å². The molecule has 0 aromatic rings. The van der Waals surface area contributed by atoms with Crippen LogP contribution in [0.25, 0.3) is 0 Å². The third kappa shape index (κ3) is 3.48. The van der Waals surface area contributed by atoms with E-state index in [4.69, 9.17) is 0 Å². The van der Waals surface area contributed by atoms with Gasteiger partial charge in [0.25, 0.3) is 0 Å². The van der Waals surface area contributed by atoms with Crippen LogP contribution in [0.4, 0.5) is 0 Å². The van der Waals surface area contributed by atoms with Crippen LogP contribution in [0.2, 0.25) is 0 Å². The minimum Gasteiger partial charge on any atom is -0.339 e. The normalized spacial score (nSPS) is 23.0. The van der Waals surface area contributed by atoms with E-state index in [2.05, 4.69) is 10.2 Å². The average Bonchev–Trinajstić information content (AvgIpc) is 2.92. The molecule has 110 valence electrons. The summed E-state index contributed by atoms with van der Waals surface area (Å²) in [7, 11) is 0. The summed E-state index contributed by atoms with van der Waals surface area (Å²) < 4.78 is 0. The quantitative estimate of drug-likeness (QED) is 0.837. The first-order valence-electron chi connectivity index (χ1n) is 7.83. The van der Waals surface area contributed by atoms with Crippen LogP contribution in [0.15, 0.2) is 0 Å². The minimum absolute atomic E-state index is 0.250. The Balaban J connectivity index is 1.83. The number of hydrogen-bond donors (Lipinski definition) is 1. The van der Waals surface area contributed by atoms with E-state index in [0.29, 0.717) is 0 Å². The van der Waals surface area contributed by atoms with Gasteiger partial charge in [-0.1, -0.05) is 19.8 Å². The molecule has 1 amide bonds. The van der Waals surface area contributed by atoms with Crippen molar-refractivity contribution in [3.05, 3.63) is 0 Å². The molecule has 4 heteroatoms. The third-order valence-electron chi connectivity index (χ3n) is 4.60. The van der Waals surface area contributed by atoms with Crippen LogP contribution in [0.3, 0.4) is 0 Å². The lowest BCUT2D eigenvalue weighted by Crippen LogP contribution is -2.59. The van der Waals surface area contributed by atoms with Crippen molar-refractivity contribution in [2.45, 2.75) is 58.0 Å². The predicted octanol–water partition coefficient (Wildman–Crippen LogP) is 1.46. The molecule has 0 radical (unpaired) electrons. The molecule has 0 spiro atoms. The molecule has 0 aromatic heterocycles. The maximum Gasteiger partial charge on any atom is 0.242 e. The zero-order chi connectivity index (χ0) is 13.9. The number of hydrogen-bond acceptors (Lipinski definition) is 3. The second-order valence-corrected chi connectivity index (χ2v) is 6.42. The first-order valence-corrected chi connectivity index (χ1v) is 7.83. The number of piperazine rings is 1. The van der Waals surface area contributed by atoms with Crippen molar-refractivity contribution in [1.82, 2.24) is 15.1 Å². The second kappa shape index (κ2) is 6.23. The van der Waals surface area contributed by atoms with Gasteiger partial charge in [-0.05, 0) is 33.2 Å². The standard InChI is InChI=1S/C15H29N3O/c1-4-16-15(2,3)14(19)18-11-9-17(10-12-18)13-7-5-6-8-13/h13,16H,4-12H2,1-3H3. The number of carbonyl (C=O) groups excluding carboxylic acids is 1. The van der Waals surface area contributed by atoms with Crippen molar-refractivity contribution in [1.29, 1.82) is 0 Å². The van der Waals surface area contributed by atoms with E-state index in [-0.39, 0.29) is 5.91 Å². The van der Waals surface area contributed by atoms with Gasteiger partial charge in [0.2, 0.25) is 5.91 Å². The Morgan fingerprint density at radius 2 is 1.74 bits per heavy atom. The summed E-state index contributed by atoms with van der Waals surface area (Å²) in [5.41, 5.74) is -0.426. The predicted molar refractivity (Wildman–Crippen MR) is 78.2 cm³/mol. The molecule has 2 rings (SSSR count). The largest absolute Gasteiger partial charge is 0.339 e. The Morgan fingerprint density at radius 3 is 2.26 bits per heavy atom. The molecule has 4 nitrogen and oxygen atoms in total. The van der Waals surface area contributed by atoms with Gasteiger partial charge in [-0.2, -0.15) is 0 Å². The zero-order valence-electron chi connectivity index (χ0n) is 12.7. The molecular weight excluding hydrogens is 238 g/mol. The highest BCUT2D eigenvalue weighted by Gasteiger charge is 2.34. The molecule has 1 saturated heterocycles. The fourth-order valence-corrected chi connectivity index (χ4v) is 3.47. The van der Waals surface area contributed by atoms with E-state index in [1.54, 1.807) is 0 Å². The lowest BCUT2D eigenvalue weighted by atomic mass is 10.0. The van der Waals surface area contributed by atoms with E-state index >= 15 is 0 Å². The molecule has 1 saturated carbocycles. The second-order valence-electron chi connectivity index (χ2n) is 6.42. The van der Waals surface area contributed by atoms with Crippen LogP contribution >= 0.6 is 0 Å². The van der Waals surface area contributed by atoms with Crippen LogP contribution in [0, 0.1) is 0 Å². The van der Waals surface area contributed by atoms with Gasteiger partial charge in [-0.25, -0.2) is 0 Å². The molecule has 1 N–H and O–H groups in total. The number of nitrogens with zero attached hydrogens (tertiary/aromatic N) is 2. The van der Waals surface area contributed by atoms with Crippen LogP contribution in [0.5, 0.6) is 0 Å². The molecular formula is C15H29N3O. The SMILES string of the molecule is CCNC(C)(C)C(=O)N1CCN(C2CCCC2)CC1. The van der Waals surface area contributed by atoms with Crippen LogP contribution in [0.1, 0.15) is 46.5 Å². The summed E-state index contributed by atoms with van der Waals surface area (Å²) in [6.07, 6.45) is 5.49. The molecule has 19 heavy (non-hydrogen) atoms. The summed E-state index contributed by atoms with van der Waals surface area (Å²) in [5.74, 6) is 0.250. The highest BCUT2D eigenvalue weighted by atomic mass is 16.2. The molecule has 0 aromatic carbocycles. The van der Waals surface area contributed by atoms with Gasteiger partial charge in [0, 0.05) is 32.2 Å². The van der Waals surface area contributed by atoms with Crippen LogP contribution < -0.4 is 5.32 Å². The fourth-order valence-electron chi connectivity index (χ4n) is 3.47. The highest BCUT2D eigenvalue weighted by Crippen LogP contribution is 2.24. The first kappa shape index (κ1) is 14.8. The van der Waals surface area contributed by atoms with Gasteiger partial charge in [0.15, 0.2) is 0 Å². The topological polar surface area (TPSA) is 35.6 Å². The average molecular weight is 267 g/mol. The molecule has 1 aliphatic carbocycles. The van der Waals surface area contributed by atoms with Crippen molar-refractivity contribution in [2.24, 2.45) is 0 Å². The molecule has 0 unspecified atom stereocenters. The van der Waals surface area contributed by atoms with E-state index in [0.717, 1.165) is 38.8 Å².